The van der Waals surface area contributed by atoms with E-state index in [1.807, 2.05) is 39.3 Å². The van der Waals surface area contributed by atoms with Gasteiger partial charge in [-0.1, -0.05) is 66.1 Å². The second kappa shape index (κ2) is 9.01. The maximum absolute atomic E-state index is 10.3. The third-order valence-electron chi connectivity index (χ3n) is 6.29. The highest BCUT2D eigenvalue weighted by molar-refractivity contribution is 6.53. The summed E-state index contributed by atoms with van der Waals surface area (Å²) in [4.78, 5) is 10.0. The van der Waals surface area contributed by atoms with Crippen LogP contribution in [0.4, 0.5) is 0 Å². The number of fused-ring (bicyclic) bond motifs is 1. The number of hydrogen-bond donors (Lipinski definition) is 1. The summed E-state index contributed by atoms with van der Waals surface area (Å²) < 4.78 is 5.92. The molecule has 0 aliphatic heterocycles. The number of ether oxygens (including phenoxy) is 1. The summed E-state index contributed by atoms with van der Waals surface area (Å²) >= 11 is 0. The van der Waals surface area contributed by atoms with Gasteiger partial charge in [0.05, 0.1) is 34.0 Å². The molecule has 0 spiro atoms. The molecule has 1 radical (unpaired) electrons. The van der Waals surface area contributed by atoms with Gasteiger partial charge in [-0.05, 0) is 46.6 Å². The van der Waals surface area contributed by atoms with Crippen molar-refractivity contribution in [3.05, 3.63) is 72.1 Å². The second-order valence-electron chi connectivity index (χ2n) is 9.27. The second-order valence-corrected chi connectivity index (χ2v) is 9.27. The van der Waals surface area contributed by atoms with Crippen LogP contribution in [0.15, 0.2) is 60.7 Å². The predicted molar refractivity (Wildman–Crippen MR) is 132 cm³/mol. The molecule has 5 heteroatoms. The van der Waals surface area contributed by atoms with Gasteiger partial charge in [-0.2, -0.15) is 0 Å². The first-order chi connectivity index (χ1) is 15.2. The van der Waals surface area contributed by atoms with Gasteiger partial charge in [-0.15, -0.1) is 0 Å². The minimum atomic E-state index is -0.918. The molecule has 3 aromatic rings. The molecule has 32 heavy (non-hydrogen) atoms. The van der Waals surface area contributed by atoms with Crippen LogP contribution < -0.4 is 5.46 Å². The maximum atomic E-state index is 10.3. The standard InChI is InChI=1S/C27H30BN2O2/c1-26(2,31)27(3,4)32-18-28-21-16-14-20(15-17-21)25-24(19-10-6-5-7-11-19)29-22-12-8-9-13-23(22)30-25/h5-8,10-12,14-17,31H,9,13,18H2,1-4H3. The molecule has 1 aromatic heterocycles. The molecule has 2 aromatic carbocycles. The Balaban J connectivity index is 1.58. The molecule has 0 fully saturated rings. The molecular formula is C27H30BN2O2. The zero-order valence-corrected chi connectivity index (χ0v) is 19.3. The molecular weight excluding hydrogens is 395 g/mol. The van der Waals surface area contributed by atoms with Gasteiger partial charge in [0.25, 0.3) is 0 Å². The molecule has 1 aliphatic carbocycles. The van der Waals surface area contributed by atoms with Gasteiger partial charge in [0, 0.05) is 17.6 Å². The van der Waals surface area contributed by atoms with Crippen molar-refractivity contribution in [2.45, 2.75) is 51.7 Å². The topological polar surface area (TPSA) is 55.2 Å². The Hall–Kier alpha value is -2.76. The number of allylic oxidation sites excluding steroid dienone is 1. The van der Waals surface area contributed by atoms with Crippen molar-refractivity contribution in [2.75, 3.05) is 6.51 Å². The molecule has 0 saturated carbocycles. The summed E-state index contributed by atoms with van der Waals surface area (Å²) in [5.74, 6) is 0. The van der Waals surface area contributed by atoms with E-state index in [0.29, 0.717) is 6.51 Å². The Kier molecular flexibility index (Phi) is 6.32. The van der Waals surface area contributed by atoms with Gasteiger partial charge in [-0.25, -0.2) is 9.97 Å². The van der Waals surface area contributed by atoms with Crippen molar-refractivity contribution in [3.8, 4) is 22.5 Å². The number of aliphatic hydroxyl groups is 1. The lowest BCUT2D eigenvalue weighted by Gasteiger charge is -2.37. The SMILES string of the molecule is CC(C)(O)C(C)(C)OC[B]c1ccc(-c2nc3c(nc2-c2ccccc2)C=CCC3)cc1. The maximum Gasteiger partial charge on any atom is 0.185 e. The monoisotopic (exact) mass is 425 g/mol. The number of aromatic nitrogens is 2. The van der Waals surface area contributed by atoms with E-state index < -0.39 is 11.2 Å². The third kappa shape index (κ3) is 4.84. The largest absolute Gasteiger partial charge is 0.387 e. The molecule has 163 valence electrons. The van der Waals surface area contributed by atoms with E-state index in [1.54, 1.807) is 13.8 Å². The van der Waals surface area contributed by atoms with Crippen molar-refractivity contribution in [1.82, 2.24) is 9.97 Å². The fraction of sp³-hybridized carbons (Fsp3) is 0.333. The van der Waals surface area contributed by atoms with Crippen LogP contribution in [0.2, 0.25) is 0 Å². The van der Waals surface area contributed by atoms with Crippen LogP contribution in [0.25, 0.3) is 28.6 Å². The average molecular weight is 425 g/mol. The van der Waals surface area contributed by atoms with Crippen LogP contribution >= 0.6 is 0 Å². The van der Waals surface area contributed by atoms with Crippen molar-refractivity contribution < 1.29 is 9.84 Å². The Bertz CT molecular complexity index is 1100. The van der Waals surface area contributed by atoms with Gasteiger partial charge < -0.3 is 9.84 Å². The number of benzene rings is 2. The van der Waals surface area contributed by atoms with Crippen LogP contribution in [-0.4, -0.2) is 40.1 Å². The summed E-state index contributed by atoms with van der Waals surface area (Å²) in [6, 6.07) is 18.6. The lowest BCUT2D eigenvalue weighted by Crippen LogP contribution is -2.48. The van der Waals surface area contributed by atoms with E-state index >= 15 is 0 Å². The smallest absolute Gasteiger partial charge is 0.185 e. The summed E-state index contributed by atoms with van der Waals surface area (Å²) in [5.41, 5.74) is 5.46. The van der Waals surface area contributed by atoms with E-state index in [0.717, 1.165) is 52.2 Å². The molecule has 0 unspecified atom stereocenters. The Labute approximate surface area is 191 Å². The van der Waals surface area contributed by atoms with Crippen molar-refractivity contribution in [2.24, 2.45) is 0 Å². The number of rotatable bonds is 7. The molecule has 4 nitrogen and oxygen atoms in total. The van der Waals surface area contributed by atoms with Crippen LogP contribution in [0.5, 0.6) is 0 Å². The minimum Gasteiger partial charge on any atom is -0.387 e. The van der Waals surface area contributed by atoms with Gasteiger partial charge >= 0.3 is 0 Å². The Morgan fingerprint density at radius 3 is 2.25 bits per heavy atom. The number of aryl methyl sites for hydroxylation is 1. The van der Waals surface area contributed by atoms with Gasteiger partial charge in [0.1, 0.15) is 0 Å². The first-order valence-electron chi connectivity index (χ1n) is 11.2. The quantitative estimate of drug-likeness (QED) is 0.561. The highest BCUT2D eigenvalue weighted by Crippen LogP contribution is 2.31. The molecule has 4 rings (SSSR count). The van der Waals surface area contributed by atoms with Crippen molar-refractivity contribution in [1.29, 1.82) is 0 Å². The highest BCUT2D eigenvalue weighted by atomic mass is 16.5. The predicted octanol–water partition coefficient (Wildman–Crippen LogP) is 4.62. The van der Waals surface area contributed by atoms with E-state index in [9.17, 15) is 5.11 Å². The summed E-state index contributed by atoms with van der Waals surface area (Å²) in [5, 5.41) is 10.3. The van der Waals surface area contributed by atoms with E-state index in [-0.39, 0.29) is 0 Å². The number of hydrogen-bond acceptors (Lipinski definition) is 4. The molecule has 0 saturated heterocycles. The molecule has 1 aliphatic rings. The van der Waals surface area contributed by atoms with Crippen LogP contribution in [0, 0.1) is 0 Å². The molecule has 1 heterocycles. The summed E-state index contributed by atoms with van der Waals surface area (Å²) in [6.07, 6.45) is 6.16. The zero-order chi connectivity index (χ0) is 22.8. The van der Waals surface area contributed by atoms with Crippen LogP contribution in [0.1, 0.15) is 45.5 Å². The fourth-order valence-corrected chi connectivity index (χ4v) is 3.51. The molecule has 1 N–H and O–H groups in total. The third-order valence-corrected chi connectivity index (χ3v) is 6.29. The molecule has 0 amide bonds. The van der Waals surface area contributed by atoms with Gasteiger partial charge in [0.2, 0.25) is 0 Å². The van der Waals surface area contributed by atoms with Crippen molar-refractivity contribution >= 4 is 18.8 Å². The van der Waals surface area contributed by atoms with Crippen LogP contribution in [0.3, 0.4) is 0 Å². The van der Waals surface area contributed by atoms with Crippen molar-refractivity contribution in [3.63, 3.8) is 0 Å². The highest BCUT2D eigenvalue weighted by Gasteiger charge is 2.35. The summed E-state index contributed by atoms with van der Waals surface area (Å²) in [6.45, 7) is 7.76. The normalized spacial score (nSPS) is 13.7. The first kappa shape index (κ1) is 22.4. The number of nitrogens with zero attached hydrogens (tertiary/aromatic N) is 2. The van der Waals surface area contributed by atoms with E-state index in [1.165, 1.54) is 0 Å². The summed E-state index contributed by atoms with van der Waals surface area (Å²) in [7, 11) is 2.03. The Morgan fingerprint density at radius 1 is 0.906 bits per heavy atom. The van der Waals surface area contributed by atoms with E-state index in [4.69, 9.17) is 14.7 Å². The zero-order valence-electron chi connectivity index (χ0n) is 19.3. The lowest BCUT2D eigenvalue weighted by molar-refractivity contribution is -0.135. The van der Waals surface area contributed by atoms with E-state index in [2.05, 4.69) is 48.6 Å². The first-order valence-corrected chi connectivity index (χ1v) is 11.2. The molecule has 0 atom stereocenters. The van der Waals surface area contributed by atoms with Crippen LogP contribution in [-0.2, 0) is 11.2 Å². The molecule has 0 bridgehead atoms. The Morgan fingerprint density at radius 2 is 1.56 bits per heavy atom. The minimum absolute atomic E-state index is 0.427. The lowest BCUT2D eigenvalue weighted by atomic mass is 9.71. The van der Waals surface area contributed by atoms with Gasteiger partial charge in [0.15, 0.2) is 7.28 Å². The fourth-order valence-electron chi connectivity index (χ4n) is 3.51. The van der Waals surface area contributed by atoms with Gasteiger partial charge in [-0.3, -0.25) is 0 Å². The average Bonchev–Trinajstić information content (AvgIpc) is 2.78.